The number of morpholine rings is 1. The molecular formula is C12H22N2O4. The van der Waals surface area contributed by atoms with Gasteiger partial charge in [0.05, 0.1) is 26.2 Å². The molecule has 2 unspecified atom stereocenters. The maximum atomic E-state index is 11.8. The van der Waals surface area contributed by atoms with Gasteiger partial charge in [-0.3, -0.25) is 14.5 Å². The van der Waals surface area contributed by atoms with E-state index in [0.29, 0.717) is 19.8 Å². The standard InChI is InChI=1S/C12H22N2O4/c1-3-9(2)13-11(15)7-14-4-5-18-8-10(14)6-12(16)17/h9-10H,3-8H2,1-2H3,(H,13,15)(H,16,17). The number of nitrogens with zero attached hydrogens (tertiary/aromatic N) is 1. The van der Waals surface area contributed by atoms with Crippen LogP contribution >= 0.6 is 0 Å². The monoisotopic (exact) mass is 258 g/mol. The Hall–Kier alpha value is -1.14. The first kappa shape index (κ1) is 14.9. The van der Waals surface area contributed by atoms with Crippen LogP contribution in [0.2, 0.25) is 0 Å². The predicted octanol–water partition coefficient (Wildman–Crippen LogP) is 0.0766. The molecule has 1 aliphatic rings. The molecule has 1 amide bonds. The molecule has 0 saturated carbocycles. The Balaban J connectivity index is 2.46. The van der Waals surface area contributed by atoms with E-state index in [1.807, 2.05) is 18.7 Å². The van der Waals surface area contributed by atoms with Crippen molar-refractivity contribution in [2.75, 3.05) is 26.3 Å². The summed E-state index contributed by atoms with van der Waals surface area (Å²) in [6, 6.07) is -0.0598. The summed E-state index contributed by atoms with van der Waals surface area (Å²) < 4.78 is 5.26. The van der Waals surface area contributed by atoms with Crippen LogP contribution in [0, 0.1) is 0 Å². The Kier molecular flexibility index (Phi) is 6.07. The Labute approximate surface area is 107 Å². The van der Waals surface area contributed by atoms with Gasteiger partial charge in [-0.25, -0.2) is 0 Å². The van der Waals surface area contributed by atoms with Gasteiger partial charge in [-0.1, -0.05) is 6.92 Å². The Morgan fingerprint density at radius 3 is 2.89 bits per heavy atom. The minimum Gasteiger partial charge on any atom is -0.481 e. The van der Waals surface area contributed by atoms with Crippen LogP contribution in [0.3, 0.4) is 0 Å². The van der Waals surface area contributed by atoms with E-state index in [9.17, 15) is 9.59 Å². The van der Waals surface area contributed by atoms with E-state index >= 15 is 0 Å². The summed E-state index contributed by atoms with van der Waals surface area (Å²) in [7, 11) is 0. The zero-order chi connectivity index (χ0) is 13.5. The molecule has 0 spiro atoms. The summed E-state index contributed by atoms with van der Waals surface area (Å²) >= 11 is 0. The van der Waals surface area contributed by atoms with Crippen molar-refractivity contribution in [1.29, 1.82) is 0 Å². The molecule has 0 aromatic carbocycles. The average Bonchev–Trinajstić information content (AvgIpc) is 2.30. The van der Waals surface area contributed by atoms with Gasteiger partial charge in [-0.15, -0.1) is 0 Å². The Morgan fingerprint density at radius 2 is 2.28 bits per heavy atom. The highest BCUT2D eigenvalue weighted by molar-refractivity contribution is 5.78. The molecule has 2 atom stereocenters. The van der Waals surface area contributed by atoms with Crippen LogP contribution in [0.5, 0.6) is 0 Å². The minimum atomic E-state index is -0.863. The fraction of sp³-hybridized carbons (Fsp3) is 0.833. The van der Waals surface area contributed by atoms with Crippen molar-refractivity contribution in [2.24, 2.45) is 0 Å². The van der Waals surface area contributed by atoms with Crippen molar-refractivity contribution in [3.63, 3.8) is 0 Å². The van der Waals surface area contributed by atoms with Crippen molar-refractivity contribution in [3.8, 4) is 0 Å². The Morgan fingerprint density at radius 1 is 1.56 bits per heavy atom. The molecule has 0 aliphatic carbocycles. The molecule has 18 heavy (non-hydrogen) atoms. The molecule has 104 valence electrons. The lowest BCUT2D eigenvalue weighted by Gasteiger charge is -2.34. The lowest BCUT2D eigenvalue weighted by molar-refractivity contribution is -0.141. The first-order valence-corrected chi connectivity index (χ1v) is 6.35. The molecule has 0 bridgehead atoms. The summed E-state index contributed by atoms with van der Waals surface area (Å²) in [4.78, 5) is 24.4. The van der Waals surface area contributed by atoms with Crippen molar-refractivity contribution in [2.45, 2.75) is 38.8 Å². The van der Waals surface area contributed by atoms with Crippen molar-refractivity contribution in [1.82, 2.24) is 10.2 Å². The van der Waals surface area contributed by atoms with Crippen molar-refractivity contribution >= 4 is 11.9 Å². The van der Waals surface area contributed by atoms with E-state index < -0.39 is 5.97 Å². The van der Waals surface area contributed by atoms with Crippen LogP contribution in [0.15, 0.2) is 0 Å². The highest BCUT2D eigenvalue weighted by atomic mass is 16.5. The zero-order valence-corrected chi connectivity index (χ0v) is 11.0. The SMILES string of the molecule is CCC(C)NC(=O)CN1CCOCC1CC(=O)O. The topological polar surface area (TPSA) is 78.9 Å². The summed E-state index contributed by atoms with van der Waals surface area (Å²) in [6.07, 6.45) is 0.893. The van der Waals surface area contributed by atoms with Crippen LogP contribution in [-0.2, 0) is 14.3 Å². The van der Waals surface area contributed by atoms with Gasteiger partial charge in [0.2, 0.25) is 5.91 Å². The van der Waals surface area contributed by atoms with Crippen molar-refractivity contribution < 1.29 is 19.4 Å². The molecule has 1 heterocycles. The highest BCUT2D eigenvalue weighted by Gasteiger charge is 2.26. The predicted molar refractivity (Wildman–Crippen MR) is 66.3 cm³/mol. The fourth-order valence-electron chi connectivity index (χ4n) is 1.89. The van der Waals surface area contributed by atoms with E-state index in [0.717, 1.165) is 6.42 Å². The number of carboxylic acids is 1. The molecule has 0 radical (unpaired) electrons. The largest absolute Gasteiger partial charge is 0.481 e. The molecule has 2 N–H and O–H groups in total. The van der Waals surface area contributed by atoms with Crippen LogP contribution in [-0.4, -0.2) is 60.3 Å². The van der Waals surface area contributed by atoms with Crippen LogP contribution in [0.4, 0.5) is 0 Å². The summed E-state index contributed by atoms with van der Waals surface area (Å²) in [5.41, 5.74) is 0. The minimum absolute atomic E-state index is 0.0105. The molecule has 1 fully saturated rings. The van der Waals surface area contributed by atoms with Crippen molar-refractivity contribution in [3.05, 3.63) is 0 Å². The van der Waals surface area contributed by atoms with Gasteiger partial charge in [0.25, 0.3) is 0 Å². The van der Waals surface area contributed by atoms with E-state index in [1.165, 1.54) is 0 Å². The van der Waals surface area contributed by atoms with Gasteiger partial charge < -0.3 is 15.2 Å². The maximum Gasteiger partial charge on any atom is 0.305 e. The molecular weight excluding hydrogens is 236 g/mol. The molecule has 0 aromatic rings. The number of hydrogen-bond donors (Lipinski definition) is 2. The number of ether oxygens (including phenoxy) is 1. The van der Waals surface area contributed by atoms with Crippen LogP contribution in [0.1, 0.15) is 26.7 Å². The van der Waals surface area contributed by atoms with E-state index in [4.69, 9.17) is 9.84 Å². The second kappa shape index (κ2) is 7.33. The zero-order valence-electron chi connectivity index (χ0n) is 11.0. The number of carbonyl (C=O) groups excluding carboxylic acids is 1. The van der Waals surface area contributed by atoms with Gasteiger partial charge in [0.15, 0.2) is 0 Å². The van der Waals surface area contributed by atoms with Gasteiger partial charge in [-0.05, 0) is 13.3 Å². The van der Waals surface area contributed by atoms with E-state index in [1.54, 1.807) is 0 Å². The quantitative estimate of drug-likeness (QED) is 0.705. The number of carboxylic acid groups (broad SMARTS) is 1. The lowest BCUT2D eigenvalue weighted by atomic mass is 10.1. The average molecular weight is 258 g/mol. The first-order chi connectivity index (χ1) is 8.52. The summed E-state index contributed by atoms with van der Waals surface area (Å²) in [6.45, 7) is 5.73. The third-order valence-corrected chi connectivity index (χ3v) is 3.13. The molecule has 0 aromatic heterocycles. The number of hydrogen-bond acceptors (Lipinski definition) is 4. The summed E-state index contributed by atoms with van der Waals surface area (Å²) in [5, 5.41) is 11.7. The normalized spacial score (nSPS) is 22.4. The number of amides is 1. The summed E-state index contributed by atoms with van der Waals surface area (Å²) in [5.74, 6) is -0.917. The van der Waals surface area contributed by atoms with E-state index in [-0.39, 0.29) is 31.0 Å². The number of aliphatic carboxylic acids is 1. The second-order valence-electron chi connectivity index (χ2n) is 4.67. The number of rotatable bonds is 6. The van der Waals surface area contributed by atoms with Gasteiger partial charge >= 0.3 is 5.97 Å². The molecule has 6 nitrogen and oxygen atoms in total. The Bertz CT molecular complexity index is 296. The lowest BCUT2D eigenvalue weighted by Crippen LogP contribution is -2.51. The fourth-order valence-corrected chi connectivity index (χ4v) is 1.89. The van der Waals surface area contributed by atoms with Gasteiger partial charge in [0.1, 0.15) is 0 Å². The maximum absolute atomic E-state index is 11.8. The van der Waals surface area contributed by atoms with E-state index in [2.05, 4.69) is 5.32 Å². The molecule has 1 saturated heterocycles. The smallest absolute Gasteiger partial charge is 0.305 e. The molecule has 1 rings (SSSR count). The highest BCUT2D eigenvalue weighted by Crippen LogP contribution is 2.10. The van der Waals surface area contributed by atoms with Crippen LogP contribution < -0.4 is 5.32 Å². The number of nitrogens with one attached hydrogen (secondary N) is 1. The second-order valence-corrected chi connectivity index (χ2v) is 4.67. The molecule has 1 aliphatic heterocycles. The van der Waals surface area contributed by atoms with Gasteiger partial charge in [0, 0.05) is 18.6 Å². The number of carbonyl (C=O) groups is 2. The third-order valence-electron chi connectivity index (χ3n) is 3.13. The molecule has 6 heteroatoms. The third kappa shape index (κ3) is 5.01. The van der Waals surface area contributed by atoms with Crippen LogP contribution in [0.25, 0.3) is 0 Å². The van der Waals surface area contributed by atoms with Gasteiger partial charge in [-0.2, -0.15) is 0 Å². The first-order valence-electron chi connectivity index (χ1n) is 6.35.